The highest BCUT2D eigenvalue weighted by molar-refractivity contribution is 7.90. The van der Waals surface area contributed by atoms with Gasteiger partial charge in [-0.15, -0.1) is 0 Å². The molecule has 174 valence electrons. The van der Waals surface area contributed by atoms with Gasteiger partial charge in [0.2, 0.25) is 5.96 Å². The highest BCUT2D eigenvalue weighted by Gasteiger charge is 2.16. The van der Waals surface area contributed by atoms with Crippen LogP contribution in [0.1, 0.15) is 25.3 Å². The number of hydrogen-bond acceptors (Lipinski definition) is 5. The molecule has 0 saturated carbocycles. The first-order chi connectivity index (χ1) is 15.8. The molecule has 0 aliphatic carbocycles. The van der Waals surface area contributed by atoms with Crippen LogP contribution in [0.3, 0.4) is 0 Å². The molecule has 7 nitrogen and oxygen atoms in total. The summed E-state index contributed by atoms with van der Waals surface area (Å²) in [6.07, 6.45) is 9.45. The predicted molar refractivity (Wildman–Crippen MR) is 135 cm³/mol. The topological polar surface area (TPSA) is 91.0 Å². The summed E-state index contributed by atoms with van der Waals surface area (Å²) in [5, 5.41) is 1.86. The number of hydrogen-bond donors (Lipinski definition) is 2. The summed E-state index contributed by atoms with van der Waals surface area (Å²) in [6, 6.07) is 15.1. The molecule has 2 aliphatic rings. The average Bonchev–Trinajstić information content (AvgIpc) is 2.79. The summed E-state index contributed by atoms with van der Waals surface area (Å²) in [4.78, 5) is 7.27. The van der Waals surface area contributed by atoms with E-state index < -0.39 is 9.84 Å². The van der Waals surface area contributed by atoms with Gasteiger partial charge in [0.1, 0.15) is 0 Å². The van der Waals surface area contributed by atoms with E-state index in [1.165, 1.54) is 24.8 Å². The van der Waals surface area contributed by atoms with Crippen LogP contribution >= 0.6 is 0 Å². The van der Waals surface area contributed by atoms with Crippen LogP contribution in [0.15, 0.2) is 76.8 Å². The molecule has 1 fully saturated rings. The monoisotopic (exact) mass is 465 g/mol. The van der Waals surface area contributed by atoms with Crippen LogP contribution in [-0.2, 0) is 9.84 Å². The number of aliphatic imine (C=N–C) groups is 1. The lowest BCUT2D eigenvalue weighted by Crippen LogP contribution is -2.44. The molecule has 0 amide bonds. The van der Waals surface area contributed by atoms with Crippen molar-refractivity contribution in [3.05, 3.63) is 72.4 Å². The fraction of sp³-hybridized carbons (Fsp3) is 0.320. The molecule has 2 aromatic carbocycles. The van der Waals surface area contributed by atoms with Crippen molar-refractivity contribution in [2.75, 3.05) is 30.8 Å². The Labute approximate surface area is 196 Å². The third-order valence-corrected chi connectivity index (χ3v) is 7.17. The minimum Gasteiger partial charge on any atom is -0.371 e. The second kappa shape index (κ2) is 9.70. The summed E-state index contributed by atoms with van der Waals surface area (Å²) >= 11 is 0. The highest BCUT2D eigenvalue weighted by atomic mass is 32.2. The molecule has 4 rings (SSSR count). The van der Waals surface area contributed by atoms with Gasteiger partial charge in [0.25, 0.3) is 0 Å². The second-order valence-corrected chi connectivity index (χ2v) is 10.8. The van der Waals surface area contributed by atoms with Gasteiger partial charge in [-0.2, -0.15) is 0 Å². The first kappa shape index (κ1) is 22.9. The van der Waals surface area contributed by atoms with Crippen molar-refractivity contribution >= 4 is 32.7 Å². The van der Waals surface area contributed by atoms with E-state index in [0.717, 1.165) is 35.8 Å². The lowest BCUT2D eigenvalue weighted by Gasteiger charge is -2.32. The third-order valence-electron chi connectivity index (χ3n) is 6.04. The van der Waals surface area contributed by atoms with Crippen LogP contribution in [0.25, 0.3) is 5.57 Å². The van der Waals surface area contributed by atoms with Gasteiger partial charge in [-0.25, -0.2) is 13.4 Å². The van der Waals surface area contributed by atoms with E-state index in [9.17, 15) is 8.42 Å². The van der Waals surface area contributed by atoms with Gasteiger partial charge < -0.3 is 10.6 Å². The molecule has 0 radical (unpaired) electrons. The van der Waals surface area contributed by atoms with Crippen molar-refractivity contribution in [2.24, 2.45) is 16.6 Å². The van der Waals surface area contributed by atoms with Crippen LogP contribution in [-0.4, -0.2) is 45.3 Å². The van der Waals surface area contributed by atoms with E-state index in [0.29, 0.717) is 17.4 Å². The zero-order chi connectivity index (χ0) is 23.4. The van der Waals surface area contributed by atoms with E-state index >= 15 is 0 Å². The van der Waals surface area contributed by atoms with Gasteiger partial charge >= 0.3 is 0 Å². The summed E-state index contributed by atoms with van der Waals surface area (Å²) in [5.41, 5.74) is 13.3. The molecule has 0 aromatic heterocycles. The van der Waals surface area contributed by atoms with E-state index in [1.54, 1.807) is 12.1 Å². The van der Waals surface area contributed by atoms with Crippen LogP contribution in [0.2, 0.25) is 0 Å². The number of allylic oxidation sites excluding steroid dienone is 2. The van der Waals surface area contributed by atoms with Crippen molar-refractivity contribution < 1.29 is 8.42 Å². The van der Waals surface area contributed by atoms with Crippen molar-refractivity contribution in [2.45, 2.75) is 24.7 Å². The summed E-state index contributed by atoms with van der Waals surface area (Å²) in [5.74, 6) is 1.09. The van der Waals surface area contributed by atoms with Gasteiger partial charge in [-0.1, -0.05) is 31.2 Å². The van der Waals surface area contributed by atoms with Gasteiger partial charge in [0.15, 0.2) is 9.84 Å². The zero-order valence-corrected chi connectivity index (χ0v) is 19.9. The fourth-order valence-electron chi connectivity index (χ4n) is 4.07. The number of piperidine rings is 1. The van der Waals surface area contributed by atoms with Crippen LogP contribution < -0.4 is 16.1 Å². The minimum atomic E-state index is -3.21. The van der Waals surface area contributed by atoms with Gasteiger partial charge in [-0.3, -0.25) is 10.4 Å². The molecule has 33 heavy (non-hydrogen) atoms. The number of nitrogens with two attached hydrogens (primary N) is 1. The summed E-state index contributed by atoms with van der Waals surface area (Å²) in [7, 11) is -3.21. The van der Waals surface area contributed by atoms with E-state index in [1.807, 2.05) is 47.6 Å². The van der Waals surface area contributed by atoms with E-state index in [-0.39, 0.29) is 0 Å². The quantitative estimate of drug-likeness (QED) is 0.517. The molecule has 0 bridgehead atoms. The first-order valence-electron chi connectivity index (χ1n) is 11.2. The van der Waals surface area contributed by atoms with Crippen molar-refractivity contribution in [3.8, 4) is 0 Å². The molecule has 2 aromatic rings. The molecular weight excluding hydrogens is 434 g/mol. The number of rotatable bonds is 5. The fourth-order valence-corrected chi connectivity index (χ4v) is 4.70. The highest BCUT2D eigenvalue weighted by Crippen LogP contribution is 2.26. The Morgan fingerprint density at radius 3 is 2.55 bits per heavy atom. The van der Waals surface area contributed by atoms with Gasteiger partial charge in [0, 0.05) is 31.2 Å². The molecule has 8 heteroatoms. The molecule has 0 atom stereocenters. The van der Waals surface area contributed by atoms with Crippen molar-refractivity contribution in [3.63, 3.8) is 0 Å². The Bertz CT molecular complexity index is 1180. The largest absolute Gasteiger partial charge is 0.371 e. The average molecular weight is 466 g/mol. The van der Waals surface area contributed by atoms with E-state index in [4.69, 9.17) is 5.73 Å². The van der Waals surface area contributed by atoms with Gasteiger partial charge in [0.05, 0.1) is 17.1 Å². The number of guanidine groups is 1. The van der Waals surface area contributed by atoms with Crippen LogP contribution in [0.5, 0.6) is 0 Å². The zero-order valence-electron chi connectivity index (χ0n) is 19.1. The van der Waals surface area contributed by atoms with Crippen molar-refractivity contribution in [1.82, 2.24) is 10.4 Å². The van der Waals surface area contributed by atoms with Crippen molar-refractivity contribution in [1.29, 1.82) is 0 Å². The number of nitrogens with one attached hydrogen (secondary N) is 1. The smallest absolute Gasteiger partial charge is 0.213 e. The third kappa shape index (κ3) is 5.96. The maximum absolute atomic E-state index is 11.7. The number of benzene rings is 2. The van der Waals surface area contributed by atoms with E-state index in [2.05, 4.69) is 34.4 Å². The number of anilines is 1. The molecule has 2 heterocycles. The molecule has 1 saturated heterocycles. The minimum absolute atomic E-state index is 0.303. The molecule has 0 unspecified atom stereocenters. The Morgan fingerprint density at radius 1 is 1.12 bits per heavy atom. The van der Waals surface area contributed by atoms with Crippen LogP contribution in [0, 0.1) is 5.92 Å². The normalized spacial score (nSPS) is 17.8. The second-order valence-electron chi connectivity index (χ2n) is 8.76. The molecule has 3 N–H and O–H groups in total. The maximum atomic E-state index is 11.7. The number of sulfone groups is 1. The Kier molecular flexibility index (Phi) is 6.74. The molecule has 0 spiro atoms. The Hall–Kier alpha value is -3.26. The SMILES string of the molecule is CC1CCN(c2cccc(N=C(N)NN3C=CC=C(c4ccc(S(C)(=O)=O)cc4)C3)c2)CC1. The summed E-state index contributed by atoms with van der Waals surface area (Å²) in [6.45, 7) is 5.02. The standard InChI is InChI=1S/C25H31N5O2S/c1-19-12-15-29(16-13-19)23-7-3-6-22(17-23)27-25(26)28-30-14-4-5-21(18-30)20-8-10-24(11-9-20)33(2,31)32/h3-11,14,17,19H,12-13,15-16,18H2,1-2H3,(H3,26,27,28). The Balaban J connectivity index is 1.40. The number of nitrogens with zero attached hydrogens (tertiary/aromatic N) is 3. The number of hydrazine groups is 1. The van der Waals surface area contributed by atoms with Gasteiger partial charge in [-0.05, 0) is 66.3 Å². The lowest BCUT2D eigenvalue weighted by atomic mass is 9.99. The first-order valence-corrected chi connectivity index (χ1v) is 13.1. The molecular formula is C25H31N5O2S. The van der Waals surface area contributed by atoms with Crippen LogP contribution in [0.4, 0.5) is 11.4 Å². The Morgan fingerprint density at radius 2 is 1.85 bits per heavy atom. The predicted octanol–water partition coefficient (Wildman–Crippen LogP) is 3.69. The maximum Gasteiger partial charge on any atom is 0.213 e. The lowest BCUT2D eigenvalue weighted by molar-refractivity contribution is 0.370. The summed E-state index contributed by atoms with van der Waals surface area (Å²) < 4.78 is 23.4. The molecule has 2 aliphatic heterocycles.